The normalized spacial score (nSPS) is 11.7. The van der Waals surface area contributed by atoms with Crippen LogP contribution in [0.1, 0.15) is 6.92 Å². The van der Waals surface area contributed by atoms with Gasteiger partial charge in [0.2, 0.25) is 0 Å². The first-order valence-corrected chi connectivity index (χ1v) is 5.62. The van der Waals surface area contributed by atoms with Crippen LogP contribution in [0.25, 0.3) is 0 Å². The van der Waals surface area contributed by atoms with Crippen molar-refractivity contribution in [2.24, 2.45) is 0 Å². The predicted molar refractivity (Wildman–Crippen MR) is 81.7 cm³/mol. The van der Waals surface area contributed by atoms with Gasteiger partial charge in [-0.05, 0) is 64.2 Å². The zero-order valence-corrected chi connectivity index (χ0v) is 17.4. The van der Waals surface area contributed by atoms with Gasteiger partial charge in [0.05, 0.1) is 0 Å². The molecule has 0 N–H and O–H groups in total. The smallest absolute Gasteiger partial charge is 0.545 e. The van der Waals surface area contributed by atoms with Crippen LogP contribution in [0, 0.1) is 89.9 Å². The van der Waals surface area contributed by atoms with Crippen LogP contribution in [0.3, 0.4) is 0 Å². The molecule has 0 amide bonds. The van der Waals surface area contributed by atoms with Crippen LogP contribution in [0.5, 0.6) is 0 Å². The van der Waals surface area contributed by atoms with E-state index in [9.17, 15) is 0 Å². The van der Waals surface area contributed by atoms with E-state index in [-0.39, 0.29) is 42.1 Å². The maximum Gasteiger partial charge on any atom is 2.00 e. The van der Waals surface area contributed by atoms with E-state index in [0.29, 0.717) is 0 Å². The fourth-order valence-electron chi connectivity index (χ4n) is 0.642. The largest absolute Gasteiger partial charge is 2.00 e. The van der Waals surface area contributed by atoms with Crippen LogP contribution in [0.2, 0.25) is 0 Å². The van der Waals surface area contributed by atoms with E-state index in [2.05, 4.69) is 39.4 Å². The Bertz CT molecular complexity index is 153. The summed E-state index contributed by atoms with van der Waals surface area (Å²) in [7, 11) is 0. The van der Waals surface area contributed by atoms with E-state index in [1.807, 2.05) is 71.1 Å². The van der Waals surface area contributed by atoms with E-state index >= 15 is 0 Å². The maximum atomic E-state index is 7.75. The molecule has 2 fully saturated rings. The van der Waals surface area contributed by atoms with Gasteiger partial charge in [0.1, 0.15) is 0 Å². The first-order chi connectivity index (χ1) is 10.4. The van der Waals surface area contributed by atoms with Crippen molar-refractivity contribution in [3.05, 3.63) is 89.9 Å². The van der Waals surface area contributed by atoms with Gasteiger partial charge >= 0.3 is 55.0 Å². The van der Waals surface area contributed by atoms with Crippen LogP contribution < -0.4 is 0 Å². The van der Waals surface area contributed by atoms with Crippen molar-refractivity contribution in [2.45, 2.75) is 6.92 Å². The molecule has 122 valence electrons. The van der Waals surface area contributed by atoms with E-state index in [0.717, 1.165) is 0 Å². The van der Waals surface area contributed by atoms with Crippen LogP contribution in [0.4, 0.5) is 0 Å². The minimum Gasteiger partial charge on any atom is -0.545 e. The Kier molecular flexibility index (Phi) is 149. The second-order valence-corrected chi connectivity index (χ2v) is 2.79. The molecule has 0 saturated heterocycles. The number of hydrogen-bond acceptors (Lipinski definition) is 1. The summed E-state index contributed by atoms with van der Waals surface area (Å²) in [5.74, 6) is 1.81. The number of rotatable bonds is 0. The SMILES string of the molecule is C[CH-][SH2+].[C-]#[O+].[C-]#[O+].[C-]#[O+].[CH-]=O.[CH]1[CH][CH][CH][CH]1.[CH]1[CH][CH][CH][CH]1.[Mo+2].[Mo]. The molecule has 0 aliphatic heterocycles. The van der Waals surface area contributed by atoms with Crippen molar-refractivity contribution in [3.63, 3.8) is 0 Å². The monoisotopic (exact) mass is 501 g/mol. The molecule has 2 aliphatic carbocycles. The second-order valence-electron chi connectivity index (χ2n) is 2.21. The Morgan fingerprint density at radius 1 is 0.696 bits per heavy atom. The van der Waals surface area contributed by atoms with Crippen LogP contribution >= 0.6 is 0 Å². The van der Waals surface area contributed by atoms with E-state index < -0.39 is 0 Å². The van der Waals surface area contributed by atoms with Gasteiger partial charge in [-0.2, -0.15) is 12.6 Å². The zero-order chi connectivity index (χ0) is 17.8. The molecule has 0 atom stereocenters. The summed E-state index contributed by atoms with van der Waals surface area (Å²) < 4.78 is 22.5. The third-order valence-electron chi connectivity index (χ3n) is 1.11. The second kappa shape index (κ2) is 78.3. The van der Waals surface area contributed by atoms with Gasteiger partial charge < -0.3 is 4.79 Å². The molecule has 0 spiro atoms. The summed E-state index contributed by atoms with van der Waals surface area (Å²) in [6.45, 7) is 18.7. The first kappa shape index (κ1) is 43.8. The minimum absolute atomic E-state index is 0. The fraction of sp³-hybridized carbons (Fsp3) is 0.0625. The van der Waals surface area contributed by atoms with Gasteiger partial charge in [0.25, 0.3) is 0 Å². The molecule has 4 nitrogen and oxygen atoms in total. The van der Waals surface area contributed by atoms with Gasteiger partial charge in [-0.1, -0.05) is 0 Å². The summed E-state index contributed by atoms with van der Waals surface area (Å²) in [6, 6.07) is 0. The Morgan fingerprint density at radius 2 is 0.739 bits per heavy atom. The van der Waals surface area contributed by atoms with Crippen molar-refractivity contribution < 1.29 is 60.9 Å². The Morgan fingerprint density at radius 3 is 0.783 bits per heavy atom. The first-order valence-electron chi connectivity index (χ1n) is 5.05. The third kappa shape index (κ3) is 85.3. The van der Waals surface area contributed by atoms with Gasteiger partial charge in [-0.25, -0.2) is 0 Å². The molecule has 0 bridgehead atoms. The quantitative estimate of drug-likeness (QED) is 0.218. The molecule has 23 heavy (non-hydrogen) atoms. The van der Waals surface area contributed by atoms with Gasteiger partial charge in [-0.15, -0.1) is 12.7 Å². The summed E-state index contributed by atoms with van der Waals surface area (Å²) >= 11 is 3.06. The van der Waals surface area contributed by atoms with Crippen molar-refractivity contribution in [1.29, 1.82) is 0 Å². The van der Waals surface area contributed by atoms with Crippen molar-refractivity contribution in [2.75, 3.05) is 0 Å². The average molecular weight is 497 g/mol. The fourth-order valence-corrected chi connectivity index (χ4v) is 0.642. The van der Waals surface area contributed by atoms with Crippen LogP contribution in [-0.4, -0.2) is 6.79 Å². The van der Waals surface area contributed by atoms with Crippen LogP contribution in [0.15, 0.2) is 0 Å². The zero-order valence-electron chi connectivity index (χ0n) is 12.4. The van der Waals surface area contributed by atoms with Gasteiger partial charge in [0, 0.05) is 21.1 Å². The van der Waals surface area contributed by atoms with Gasteiger partial charge in [-0.3, -0.25) is 6.79 Å². The van der Waals surface area contributed by atoms with Crippen LogP contribution in [-0.2, 0) is 73.5 Å². The Labute approximate surface area is 176 Å². The maximum absolute atomic E-state index is 7.75. The van der Waals surface area contributed by atoms with Gasteiger partial charge in [0.15, 0.2) is 0 Å². The summed E-state index contributed by atoms with van der Waals surface area (Å²) in [5.41, 5.74) is 0. The summed E-state index contributed by atoms with van der Waals surface area (Å²) in [6.07, 6.45) is 20.0. The van der Waals surface area contributed by atoms with E-state index in [1.165, 1.54) is 0 Å². The molecule has 0 aromatic rings. The molecule has 2 rings (SSSR count). The predicted octanol–water partition coefficient (Wildman–Crippen LogP) is 1.83. The molecule has 10 radical (unpaired) electrons. The Balaban J connectivity index is -0.0000000271. The third-order valence-corrected chi connectivity index (χ3v) is 1.11. The molecule has 0 aromatic carbocycles. The number of hydrogen-bond donors (Lipinski definition) is 0. The standard InChI is InChI=1S/2C5H5.C2H6S.CHO.3CO.2Mo/c2*1-2-4-5-3-1;1-2-3;4*1-2;;/h2*1-5H;2H,3H2,1H3;1H;;;;;/q;;;-1;;;;;+2. The Hall–Kier alpha value is 0.617. The van der Waals surface area contributed by atoms with E-state index in [4.69, 9.17) is 18.8 Å². The molecular weight excluding hydrogens is 480 g/mol. The van der Waals surface area contributed by atoms with E-state index in [1.54, 1.807) is 5.75 Å². The average Bonchev–Trinajstić information content (AvgIpc) is 3.33. The topological polar surface area (TPSA) is 76.8 Å². The van der Waals surface area contributed by atoms with Crippen molar-refractivity contribution >= 4 is 19.4 Å². The molecule has 0 heterocycles. The van der Waals surface area contributed by atoms with Crippen molar-refractivity contribution in [3.8, 4) is 0 Å². The van der Waals surface area contributed by atoms with Crippen molar-refractivity contribution in [1.82, 2.24) is 0 Å². The molecule has 0 unspecified atom stereocenters. The minimum atomic E-state index is 0. The summed E-state index contributed by atoms with van der Waals surface area (Å²) in [5, 5.41) is 0. The molecule has 2 saturated carbocycles. The number of carbonyl (C=O) groups excluding carboxylic acids is 1. The molecule has 7 heteroatoms. The summed E-state index contributed by atoms with van der Waals surface area (Å²) in [4.78, 5) is 7.75. The molecule has 0 aromatic heterocycles. The molecule has 2 aliphatic rings. The molecular formula is C16H17Mo2O4S+.